The summed E-state index contributed by atoms with van der Waals surface area (Å²) >= 11 is 0. The molecule has 1 saturated heterocycles. The molecule has 3 rings (SSSR count). The molecule has 2 N–H and O–H groups in total. The van der Waals surface area contributed by atoms with Gasteiger partial charge in [-0.3, -0.25) is 9.69 Å². The highest BCUT2D eigenvalue weighted by Crippen LogP contribution is 2.29. The lowest BCUT2D eigenvalue weighted by Crippen LogP contribution is -2.42. The maximum atomic E-state index is 12.6. The van der Waals surface area contributed by atoms with Gasteiger partial charge in [0.1, 0.15) is 0 Å². The molecule has 1 aromatic rings. The summed E-state index contributed by atoms with van der Waals surface area (Å²) in [7, 11) is 0. The van der Waals surface area contributed by atoms with Crippen molar-refractivity contribution < 1.29 is 23.1 Å². The summed E-state index contributed by atoms with van der Waals surface area (Å²) in [6, 6.07) is 6.13. The smallest absolute Gasteiger partial charge is 0.416 e. The summed E-state index contributed by atoms with van der Waals surface area (Å²) in [6.07, 6.45) is -0.0248. The van der Waals surface area contributed by atoms with Crippen molar-refractivity contribution in [2.45, 2.75) is 56.9 Å². The average Bonchev–Trinajstić information content (AvgIpc) is 3.02. The average molecular weight is 370 g/mol. The van der Waals surface area contributed by atoms with E-state index in [4.69, 9.17) is 5.11 Å². The first-order chi connectivity index (χ1) is 12.3. The van der Waals surface area contributed by atoms with Crippen molar-refractivity contribution in [3.8, 4) is 0 Å². The molecule has 0 aromatic heterocycles. The molecule has 1 saturated carbocycles. The van der Waals surface area contributed by atoms with Crippen LogP contribution in [-0.4, -0.2) is 41.1 Å². The molecule has 1 unspecified atom stereocenters. The Labute approximate surface area is 151 Å². The van der Waals surface area contributed by atoms with Crippen LogP contribution in [0.2, 0.25) is 0 Å². The summed E-state index contributed by atoms with van der Waals surface area (Å²) < 4.78 is 37.8. The Hall–Kier alpha value is -1.60. The second kappa shape index (κ2) is 7.96. The van der Waals surface area contributed by atoms with E-state index < -0.39 is 17.7 Å². The normalized spacial score (nSPS) is 27.6. The van der Waals surface area contributed by atoms with Crippen LogP contribution in [0.25, 0.3) is 0 Å². The van der Waals surface area contributed by atoms with E-state index in [0.29, 0.717) is 18.6 Å². The zero-order valence-corrected chi connectivity index (χ0v) is 14.6. The Bertz CT molecular complexity index is 610. The Morgan fingerprint density at radius 3 is 2.31 bits per heavy atom. The number of carboxylic acids is 1. The van der Waals surface area contributed by atoms with Crippen molar-refractivity contribution in [3.63, 3.8) is 0 Å². The van der Waals surface area contributed by atoms with Crippen molar-refractivity contribution >= 4 is 5.97 Å². The zero-order valence-electron chi connectivity index (χ0n) is 14.6. The van der Waals surface area contributed by atoms with E-state index in [1.54, 1.807) is 12.1 Å². The van der Waals surface area contributed by atoms with Crippen LogP contribution in [0, 0.1) is 5.92 Å². The molecule has 2 aliphatic rings. The van der Waals surface area contributed by atoms with Crippen LogP contribution in [0.4, 0.5) is 13.2 Å². The largest absolute Gasteiger partial charge is 0.481 e. The van der Waals surface area contributed by atoms with Crippen molar-refractivity contribution in [2.75, 3.05) is 13.1 Å². The summed E-state index contributed by atoms with van der Waals surface area (Å²) in [4.78, 5) is 13.3. The minimum atomic E-state index is -4.29. The fourth-order valence-electron chi connectivity index (χ4n) is 4.01. The lowest BCUT2D eigenvalue weighted by atomic mass is 9.86. The van der Waals surface area contributed by atoms with Crippen molar-refractivity contribution in [1.82, 2.24) is 10.2 Å². The van der Waals surface area contributed by atoms with Gasteiger partial charge in [0.2, 0.25) is 0 Å². The Morgan fingerprint density at radius 1 is 1.08 bits per heavy atom. The molecule has 2 fully saturated rings. The second-order valence-corrected chi connectivity index (χ2v) is 7.47. The highest BCUT2D eigenvalue weighted by Gasteiger charge is 2.31. The number of nitrogens with one attached hydrogen (secondary N) is 1. The van der Waals surface area contributed by atoms with Gasteiger partial charge >= 0.3 is 12.1 Å². The number of carbonyl (C=O) groups is 1. The molecule has 0 amide bonds. The van der Waals surface area contributed by atoms with Gasteiger partial charge in [0.15, 0.2) is 0 Å². The lowest BCUT2D eigenvalue weighted by molar-refractivity contribution is -0.143. The van der Waals surface area contributed by atoms with Crippen molar-refractivity contribution in [3.05, 3.63) is 35.4 Å². The van der Waals surface area contributed by atoms with E-state index in [0.717, 1.165) is 62.9 Å². The molecule has 0 radical (unpaired) electrons. The van der Waals surface area contributed by atoms with Gasteiger partial charge in [0.25, 0.3) is 0 Å². The van der Waals surface area contributed by atoms with E-state index in [1.807, 2.05) is 0 Å². The minimum Gasteiger partial charge on any atom is -0.481 e. The van der Waals surface area contributed by atoms with Gasteiger partial charge in [0.05, 0.1) is 11.5 Å². The third-order valence-corrected chi connectivity index (χ3v) is 5.51. The molecule has 1 aliphatic carbocycles. The van der Waals surface area contributed by atoms with Gasteiger partial charge < -0.3 is 10.4 Å². The minimum absolute atomic E-state index is 0.201. The van der Waals surface area contributed by atoms with Gasteiger partial charge in [-0.15, -0.1) is 0 Å². The van der Waals surface area contributed by atoms with E-state index in [9.17, 15) is 18.0 Å². The number of carboxylic acid groups (broad SMARTS) is 1. The molecule has 0 bridgehead atoms. The monoisotopic (exact) mass is 370 g/mol. The molecular formula is C19H25F3N2O2. The number of aliphatic carboxylic acids is 1. The topological polar surface area (TPSA) is 52.6 Å². The number of likely N-dealkylation sites (tertiary alicyclic amines) is 1. The SMILES string of the molecule is O=C(O)C1CCC(NC2CCN(Cc3ccc(C(F)(F)F)cc3)C2)CC1. The third-order valence-electron chi connectivity index (χ3n) is 5.51. The predicted molar refractivity (Wildman–Crippen MR) is 91.6 cm³/mol. The van der Waals surface area contributed by atoms with E-state index in [-0.39, 0.29) is 5.92 Å². The number of hydrogen-bond donors (Lipinski definition) is 2. The Kier molecular flexibility index (Phi) is 5.87. The van der Waals surface area contributed by atoms with Gasteiger partial charge in [0, 0.05) is 31.7 Å². The number of halogens is 3. The van der Waals surface area contributed by atoms with E-state index in [1.165, 1.54) is 0 Å². The van der Waals surface area contributed by atoms with E-state index >= 15 is 0 Å². The third kappa shape index (κ3) is 4.98. The molecule has 7 heteroatoms. The molecule has 0 spiro atoms. The van der Waals surface area contributed by atoms with Gasteiger partial charge in [-0.05, 0) is 49.8 Å². The first-order valence-electron chi connectivity index (χ1n) is 9.18. The molecule has 1 aliphatic heterocycles. The van der Waals surface area contributed by atoms with Crippen LogP contribution in [0.1, 0.15) is 43.2 Å². The van der Waals surface area contributed by atoms with Crippen molar-refractivity contribution in [2.24, 2.45) is 5.92 Å². The number of hydrogen-bond acceptors (Lipinski definition) is 3. The fourth-order valence-corrected chi connectivity index (χ4v) is 4.01. The number of rotatable bonds is 5. The van der Waals surface area contributed by atoms with Crippen LogP contribution in [0.5, 0.6) is 0 Å². The number of alkyl halides is 3. The fraction of sp³-hybridized carbons (Fsp3) is 0.632. The number of benzene rings is 1. The van der Waals surface area contributed by atoms with Gasteiger partial charge in [-0.2, -0.15) is 13.2 Å². The van der Waals surface area contributed by atoms with Crippen LogP contribution in [-0.2, 0) is 17.5 Å². The summed E-state index contributed by atoms with van der Waals surface area (Å²) in [6.45, 7) is 2.45. The molecular weight excluding hydrogens is 345 g/mol. The lowest BCUT2D eigenvalue weighted by Gasteiger charge is -2.29. The maximum Gasteiger partial charge on any atom is 0.416 e. The quantitative estimate of drug-likeness (QED) is 0.833. The van der Waals surface area contributed by atoms with Crippen LogP contribution in [0.3, 0.4) is 0 Å². The summed E-state index contributed by atoms with van der Waals surface area (Å²) in [5.41, 5.74) is 0.278. The molecule has 144 valence electrons. The first kappa shape index (κ1) is 19.2. The summed E-state index contributed by atoms with van der Waals surface area (Å²) in [5, 5.41) is 12.7. The zero-order chi connectivity index (χ0) is 18.7. The standard InChI is InChI=1S/C19H25F3N2O2/c20-19(21,22)15-5-1-13(2-6-15)11-24-10-9-17(12-24)23-16-7-3-14(4-8-16)18(25)26/h1-2,5-6,14,16-17,23H,3-4,7-12H2,(H,25,26). The van der Waals surface area contributed by atoms with Crippen LogP contribution < -0.4 is 5.32 Å². The van der Waals surface area contributed by atoms with Gasteiger partial charge in [-0.1, -0.05) is 12.1 Å². The van der Waals surface area contributed by atoms with E-state index in [2.05, 4.69) is 10.2 Å². The maximum absolute atomic E-state index is 12.6. The molecule has 1 atom stereocenters. The van der Waals surface area contributed by atoms with Crippen molar-refractivity contribution in [1.29, 1.82) is 0 Å². The summed E-state index contributed by atoms with van der Waals surface area (Å²) in [5.74, 6) is -0.889. The van der Waals surface area contributed by atoms with Crippen LogP contribution >= 0.6 is 0 Å². The van der Waals surface area contributed by atoms with Gasteiger partial charge in [-0.25, -0.2) is 0 Å². The highest BCUT2D eigenvalue weighted by molar-refractivity contribution is 5.70. The molecule has 4 nitrogen and oxygen atoms in total. The first-order valence-corrected chi connectivity index (χ1v) is 9.18. The molecule has 26 heavy (non-hydrogen) atoms. The Balaban J connectivity index is 1.43. The molecule has 1 aromatic carbocycles. The number of nitrogens with zero attached hydrogens (tertiary/aromatic N) is 1. The predicted octanol–water partition coefficient (Wildman–Crippen LogP) is 3.51. The molecule has 1 heterocycles. The Morgan fingerprint density at radius 2 is 1.73 bits per heavy atom. The second-order valence-electron chi connectivity index (χ2n) is 7.47. The highest BCUT2D eigenvalue weighted by atomic mass is 19.4. The van der Waals surface area contributed by atoms with Crippen LogP contribution in [0.15, 0.2) is 24.3 Å².